The smallest absolute Gasteiger partial charge is 0.344 e. The van der Waals surface area contributed by atoms with Crippen LogP contribution < -0.4 is 10.4 Å². The number of benzene rings is 1. The van der Waals surface area contributed by atoms with Crippen LogP contribution in [0.25, 0.3) is 0 Å². The van der Waals surface area contributed by atoms with Gasteiger partial charge in [0.1, 0.15) is 5.75 Å². The van der Waals surface area contributed by atoms with E-state index in [-0.39, 0.29) is 17.5 Å². The van der Waals surface area contributed by atoms with Crippen LogP contribution >= 0.6 is 11.8 Å². The Labute approximate surface area is 126 Å². The summed E-state index contributed by atoms with van der Waals surface area (Å²) in [5.41, 5.74) is 0.232. The molecule has 21 heavy (non-hydrogen) atoms. The molecule has 1 heterocycles. The highest BCUT2D eigenvalue weighted by Crippen LogP contribution is 2.34. The molecule has 7 heteroatoms. The molecule has 0 fully saturated rings. The number of nitrogens with one attached hydrogen (secondary N) is 1. The second-order valence-corrected chi connectivity index (χ2v) is 5.78. The maximum Gasteiger partial charge on any atom is 0.344 e. The maximum absolute atomic E-state index is 11.9. The summed E-state index contributed by atoms with van der Waals surface area (Å²) in [6.45, 7) is 5.29. The van der Waals surface area contributed by atoms with Crippen LogP contribution in [0.2, 0.25) is 0 Å². The van der Waals surface area contributed by atoms with E-state index in [1.165, 1.54) is 25.8 Å². The number of methoxy groups -OCH3 is 1. The van der Waals surface area contributed by atoms with Crippen molar-refractivity contribution >= 4 is 17.5 Å². The first kappa shape index (κ1) is 15.4. The molecule has 0 aliphatic rings. The second kappa shape index (κ2) is 6.17. The fraction of sp³-hybridized carbons (Fsp3) is 0.357. The Hall–Kier alpha value is -2.02. The van der Waals surface area contributed by atoms with Crippen molar-refractivity contribution in [2.45, 2.75) is 36.9 Å². The minimum atomic E-state index is -0.264. The van der Waals surface area contributed by atoms with E-state index >= 15 is 0 Å². The van der Waals surface area contributed by atoms with E-state index in [4.69, 9.17) is 4.74 Å². The van der Waals surface area contributed by atoms with Crippen molar-refractivity contribution < 1.29 is 9.53 Å². The van der Waals surface area contributed by atoms with Gasteiger partial charge in [-0.2, -0.15) is 0 Å². The zero-order chi connectivity index (χ0) is 15.6. The fourth-order valence-corrected chi connectivity index (χ4v) is 3.20. The monoisotopic (exact) mass is 307 g/mol. The molecule has 0 radical (unpaired) electrons. The van der Waals surface area contributed by atoms with Crippen LogP contribution in [0, 0.1) is 0 Å². The van der Waals surface area contributed by atoms with Gasteiger partial charge in [-0.3, -0.25) is 9.36 Å². The third-order valence-electron chi connectivity index (χ3n) is 2.95. The van der Waals surface area contributed by atoms with Crippen molar-refractivity contribution in [3.05, 3.63) is 34.2 Å². The summed E-state index contributed by atoms with van der Waals surface area (Å²) in [5, 5.41) is 6.98. The molecule has 0 aliphatic carbocycles. The Balaban J connectivity index is 2.50. The lowest BCUT2D eigenvalue weighted by Crippen LogP contribution is -2.19. The van der Waals surface area contributed by atoms with Gasteiger partial charge in [0.15, 0.2) is 10.9 Å². The minimum Gasteiger partial charge on any atom is -0.496 e. The summed E-state index contributed by atoms with van der Waals surface area (Å²) in [4.78, 5) is 24.3. The number of carbonyl (C=O) groups excluding carboxylic acids is 1. The number of H-pyrrole nitrogens is 1. The van der Waals surface area contributed by atoms with Crippen molar-refractivity contribution in [2.75, 3.05) is 7.11 Å². The van der Waals surface area contributed by atoms with Crippen molar-refractivity contribution in [3.63, 3.8) is 0 Å². The van der Waals surface area contributed by atoms with Gasteiger partial charge >= 0.3 is 5.69 Å². The van der Waals surface area contributed by atoms with Gasteiger partial charge < -0.3 is 4.74 Å². The standard InChI is InChI=1S/C14H17N3O3S/c1-8(2)17-13(19)15-16-14(17)21-11-7-5-6-10(20-4)12(11)9(3)18/h5-8H,1-4H3,(H,15,19). The third kappa shape index (κ3) is 3.02. The molecule has 1 N–H and O–H groups in total. The summed E-state index contributed by atoms with van der Waals surface area (Å²) < 4.78 is 6.79. The number of aromatic nitrogens is 3. The predicted molar refractivity (Wildman–Crippen MR) is 80.4 cm³/mol. The molecule has 0 bridgehead atoms. The molecular formula is C14H17N3O3S. The average molecular weight is 307 g/mol. The Bertz CT molecular complexity index is 718. The number of hydrogen-bond acceptors (Lipinski definition) is 5. The third-order valence-corrected chi connectivity index (χ3v) is 3.98. The first-order valence-electron chi connectivity index (χ1n) is 6.48. The van der Waals surface area contributed by atoms with Crippen LogP contribution in [-0.2, 0) is 0 Å². The van der Waals surface area contributed by atoms with E-state index in [2.05, 4.69) is 10.2 Å². The minimum absolute atomic E-state index is 0.0230. The zero-order valence-electron chi connectivity index (χ0n) is 12.3. The molecule has 0 saturated heterocycles. The van der Waals surface area contributed by atoms with Crippen molar-refractivity contribution in [1.82, 2.24) is 14.8 Å². The van der Waals surface area contributed by atoms with E-state index in [9.17, 15) is 9.59 Å². The summed E-state index contributed by atoms with van der Waals surface area (Å²) in [6, 6.07) is 5.33. The van der Waals surface area contributed by atoms with Crippen LogP contribution in [0.4, 0.5) is 0 Å². The molecule has 112 valence electrons. The van der Waals surface area contributed by atoms with Gasteiger partial charge in [-0.05, 0) is 44.7 Å². The molecule has 1 aromatic heterocycles. The molecular weight excluding hydrogens is 290 g/mol. The Kier molecular flexibility index (Phi) is 4.52. The summed E-state index contributed by atoms with van der Waals surface area (Å²) in [5.74, 6) is 0.422. The summed E-state index contributed by atoms with van der Waals surface area (Å²) in [7, 11) is 1.52. The number of carbonyl (C=O) groups is 1. The highest BCUT2D eigenvalue weighted by molar-refractivity contribution is 7.99. The van der Waals surface area contributed by atoms with Crippen molar-refractivity contribution in [3.8, 4) is 5.75 Å². The van der Waals surface area contributed by atoms with Crippen LogP contribution in [0.1, 0.15) is 37.2 Å². The number of Topliss-reactive ketones (excluding diaryl/α,β-unsaturated/α-hetero) is 1. The summed E-state index contributed by atoms with van der Waals surface area (Å²) >= 11 is 1.27. The van der Waals surface area contributed by atoms with Gasteiger partial charge in [0.25, 0.3) is 0 Å². The highest BCUT2D eigenvalue weighted by Gasteiger charge is 2.18. The number of aromatic amines is 1. The average Bonchev–Trinajstić information content (AvgIpc) is 2.79. The Morgan fingerprint density at radius 1 is 1.43 bits per heavy atom. The normalized spacial score (nSPS) is 10.9. The van der Waals surface area contributed by atoms with Crippen LogP contribution in [-0.4, -0.2) is 27.7 Å². The maximum atomic E-state index is 11.9. The van der Waals surface area contributed by atoms with E-state index in [0.717, 1.165) is 0 Å². The van der Waals surface area contributed by atoms with Crippen LogP contribution in [0.15, 0.2) is 33.0 Å². The van der Waals surface area contributed by atoms with Gasteiger partial charge in [-0.15, -0.1) is 5.10 Å². The molecule has 2 aromatic rings. The SMILES string of the molecule is COc1cccc(Sc2n[nH]c(=O)n2C(C)C)c1C(C)=O. The topological polar surface area (TPSA) is 77.0 Å². The van der Waals surface area contributed by atoms with Crippen molar-refractivity contribution in [1.29, 1.82) is 0 Å². The Morgan fingerprint density at radius 2 is 2.14 bits per heavy atom. The Morgan fingerprint density at radius 3 is 2.71 bits per heavy atom. The zero-order valence-corrected chi connectivity index (χ0v) is 13.2. The number of rotatable bonds is 5. The van der Waals surface area contributed by atoms with Gasteiger partial charge in [-0.25, -0.2) is 9.89 Å². The van der Waals surface area contributed by atoms with Crippen LogP contribution in [0.5, 0.6) is 5.75 Å². The van der Waals surface area contributed by atoms with Crippen LogP contribution in [0.3, 0.4) is 0 Å². The molecule has 0 spiro atoms. The largest absolute Gasteiger partial charge is 0.496 e. The quantitative estimate of drug-likeness (QED) is 0.859. The molecule has 0 amide bonds. The van der Waals surface area contributed by atoms with E-state index in [1.807, 2.05) is 19.9 Å². The number of ketones is 1. The van der Waals surface area contributed by atoms with E-state index in [1.54, 1.807) is 16.7 Å². The lowest BCUT2D eigenvalue weighted by molar-refractivity contribution is 0.101. The first-order chi connectivity index (χ1) is 9.95. The molecule has 1 aromatic carbocycles. The molecule has 0 unspecified atom stereocenters. The predicted octanol–water partition coefficient (Wildman–Crippen LogP) is 2.51. The van der Waals surface area contributed by atoms with E-state index in [0.29, 0.717) is 21.4 Å². The second-order valence-electron chi connectivity index (χ2n) is 4.77. The summed E-state index contributed by atoms with van der Waals surface area (Å²) in [6.07, 6.45) is 0. The molecule has 0 saturated carbocycles. The fourth-order valence-electron chi connectivity index (χ4n) is 2.03. The number of ether oxygens (including phenoxy) is 1. The molecule has 6 nitrogen and oxygen atoms in total. The lowest BCUT2D eigenvalue weighted by Gasteiger charge is -2.12. The van der Waals surface area contributed by atoms with Gasteiger partial charge in [-0.1, -0.05) is 6.07 Å². The van der Waals surface area contributed by atoms with E-state index < -0.39 is 0 Å². The van der Waals surface area contributed by atoms with Gasteiger partial charge in [0.05, 0.1) is 12.7 Å². The number of nitrogens with zero attached hydrogens (tertiary/aromatic N) is 2. The molecule has 0 aliphatic heterocycles. The lowest BCUT2D eigenvalue weighted by atomic mass is 10.1. The van der Waals surface area contributed by atoms with Crippen molar-refractivity contribution in [2.24, 2.45) is 0 Å². The molecule has 0 atom stereocenters. The number of hydrogen-bond donors (Lipinski definition) is 1. The van der Waals surface area contributed by atoms with Gasteiger partial charge in [0, 0.05) is 10.9 Å². The van der Waals surface area contributed by atoms with Gasteiger partial charge in [0.2, 0.25) is 0 Å². The first-order valence-corrected chi connectivity index (χ1v) is 7.30. The molecule has 2 rings (SSSR count). The highest BCUT2D eigenvalue weighted by atomic mass is 32.2.